The maximum Gasteiger partial charge on any atom is 0.277 e. The number of nitrogens with zero attached hydrogens (tertiary/aromatic N) is 5. The van der Waals surface area contributed by atoms with Crippen LogP contribution in [0.2, 0.25) is 0 Å². The number of nitrogens with one attached hydrogen (secondary N) is 1. The first-order chi connectivity index (χ1) is 16.2. The van der Waals surface area contributed by atoms with Gasteiger partial charge in [-0.15, -0.1) is 0 Å². The van der Waals surface area contributed by atoms with Crippen molar-refractivity contribution in [1.82, 2.24) is 29.6 Å². The van der Waals surface area contributed by atoms with Crippen LogP contribution in [0.3, 0.4) is 0 Å². The number of hydrogen-bond acceptors (Lipinski definition) is 6. The molecule has 2 saturated heterocycles. The van der Waals surface area contributed by atoms with Gasteiger partial charge in [0.1, 0.15) is 12.2 Å². The molecule has 0 spiro atoms. The van der Waals surface area contributed by atoms with Crippen LogP contribution in [0, 0.1) is 5.92 Å². The van der Waals surface area contributed by atoms with E-state index in [2.05, 4.69) is 33.6 Å². The molecule has 0 bridgehead atoms. The van der Waals surface area contributed by atoms with Crippen molar-refractivity contribution in [2.24, 2.45) is 5.92 Å². The maximum absolute atomic E-state index is 12.6. The van der Waals surface area contributed by atoms with E-state index in [1.807, 2.05) is 4.90 Å². The molecule has 3 aliphatic rings. The molecule has 184 valence electrons. The number of amides is 4. The van der Waals surface area contributed by atoms with Crippen molar-refractivity contribution in [3.05, 3.63) is 23.4 Å². The lowest BCUT2D eigenvalue weighted by Gasteiger charge is -2.35. The van der Waals surface area contributed by atoms with Crippen molar-refractivity contribution in [2.45, 2.75) is 52.5 Å². The standard InChI is InChI=1S/C24H34N6O4/c1-16(2)22-19(13-20-24(34)30(17(3)31)14-21(32)26-20)25-15-29(22)8-4-7-27-9-11-28(12-10-27)23(33)18-5-6-18/h13,15-16,18H,4-12,14H2,1-3H3,(H,26,32)/b20-13-. The van der Waals surface area contributed by atoms with Crippen molar-refractivity contribution in [3.8, 4) is 0 Å². The van der Waals surface area contributed by atoms with Gasteiger partial charge in [-0.2, -0.15) is 0 Å². The Kier molecular flexibility index (Phi) is 7.16. The van der Waals surface area contributed by atoms with Crippen LogP contribution in [-0.4, -0.2) is 87.1 Å². The quantitative estimate of drug-likeness (QED) is 0.591. The summed E-state index contributed by atoms with van der Waals surface area (Å²) in [7, 11) is 0. The average molecular weight is 471 g/mol. The summed E-state index contributed by atoms with van der Waals surface area (Å²) in [6.45, 7) is 10.3. The Balaban J connectivity index is 1.36. The highest BCUT2D eigenvalue weighted by Gasteiger charge is 2.34. The van der Waals surface area contributed by atoms with Gasteiger partial charge in [0, 0.05) is 51.3 Å². The summed E-state index contributed by atoms with van der Waals surface area (Å²) in [6.07, 6.45) is 6.38. The second kappa shape index (κ2) is 10.1. The predicted molar refractivity (Wildman–Crippen MR) is 125 cm³/mol. The topological polar surface area (TPSA) is 108 Å². The molecule has 4 rings (SSSR count). The molecule has 0 unspecified atom stereocenters. The van der Waals surface area contributed by atoms with Crippen LogP contribution in [0.25, 0.3) is 6.08 Å². The fourth-order valence-corrected chi connectivity index (χ4v) is 4.66. The predicted octanol–water partition coefficient (Wildman–Crippen LogP) is 0.797. The lowest BCUT2D eigenvalue weighted by atomic mass is 10.1. The SMILES string of the molecule is CC(=O)N1CC(=O)N/C(=C\c2ncn(CCCN3CCN(C(=O)C4CC4)CC3)c2C(C)C)C1=O. The molecule has 1 aromatic heterocycles. The smallest absolute Gasteiger partial charge is 0.277 e. The molecule has 0 atom stereocenters. The molecule has 10 nitrogen and oxygen atoms in total. The van der Waals surface area contributed by atoms with Crippen LogP contribution >= 0.6 is 0 Å². The summed E-state index contributed by atoms with van der Waals surface area (Å²) in [4.78, 5) is 58.4. The summed E-state index contributed by atoms with van der Waals surface area (Å²) >= 11 is 0. The molecule has 1 N–H and O–H groups in total. The molecule has 3 heterocycles. The van der Waals surface area contributed by atoms with Crippen molar-refractivity contribution >= 4 is 29.7 Å². The first-order valence-corrected chi connectivity index (χ1v) is 12.1. The van der Waals surface area contributed by atoms with Gasteiger partial charge in [-0.05, 0) is 37.8 Å². The van der Waals surface area contributed by atoms with Gasteiger partial charge in [0.15, 0.2) is 0 Å². The van der Waals surface area contributed by atoms with E-state index >= 15 is 0 Å². The molecule has 34 heavy (non-hydrogen) atoms. The molecule has 1 aliphatic carbocycles. The number of rotatable bonds is 7. The number of carbonyl (C=O) groups is 4. The van der Waals surface area contributed by atoms with E-state index in [1.165, 1.54) is 6.92 Å². The zero-order valence-corrected chi connectivity index (χ0v) is 20.2. The molecule has 0 aromatic carbocycles. The molecule has 10 heteroatoms. The van der Waals surface area contributed by atoms with E-state index in [0.717, 1.165) is 69.1 Å². The molecular formula is C24H34N6O4. The summed E-state index contributed by atoms with van der Waals surface area (Å²) in [5, 5.41) is 2.58. The number of aromatic nitrogens is 2. The lowest BCUT2D eigenvalue weighted by molar-refractivity contribution is -0.147. The van der Waals surface area contributed by atoms with Crippen LogP contribution in [0.5, 0.6) is 0 Å². The number of hydrogen-bond donors (Lipinski definition) is 1. The van der Waals surface area contributed by atoms with Gasteiger partial charge in [-0.25, -0.2) is 4.98 Å². The fourth-order valence-electron chi connectivity index (χ4n) is 4.66. The second-order valence-corrected chi connectivity index (χ2v) is 9.67. The van der Waals surface area contributed by atoms with Gasteiger partial charge in [-0.1, -0.05) is 13.8 Å². The van der Waals surface area contributed by atoms with Gasteiger partial charge in [0.25, 0.3) is 5.91 Å². The lowest BCUT2D eigenvalue weighted by Crippen LogP contribution is -2.51. The van der Waals surface area contributed by atoms with Crippen LogP contribution in [0.15, 0.2) is 12.0 Å². The Morgan fingerprint density at radius 1 is 1.15 bits per heavy atom. The van der Waals surface area contributed by atoms with Gasteiger partial charge in [0.2, 0.25) is 17.7 Å². The number of imidazole rings is 1. The molecule has 1 saturated carbocycles. The first kappa shape index (κ1) is 24.1. The van der Waals surface area contributed by atoms with Crippen molar-refractivity contribution in [3.63, 3.8) is 0 Å². The van der Waals surface area contributed by atoms with Gasteiger partial charge >= 0.3 is 0 Å². The van der Waals surface area contributed by atoms with Crippen LogP contribution in [-0.2, 0) is 25.7 Å². The van der Waals surface area contributed by atoms with E-state index in [4.69, 9.17) is 0 Å². The highest BCUT2D eigenvalue weighted by atomic mass is 16.2. The first-order valence-electron chi connectivity index (χ1n) is 12.1. The highest BCUT2D eigenvalue weighted by molar-refractivity contribution is 6.12. The Bertz CT molecular complexity index is 1000. The van der Waals surface area contributed by atoms with E-state index in [9.17, 15) is 19.2 Å². The minimum atomic E-state index is -0.518. The molecule has 3 fully saturated rings. The minimum absolute atomic E-state index is 0.0669. The number of imide groups is 1. The largest absolute Gasteiger partial charge is 0.340 e. The second-order valence-electron chi connectivity index (χ2n) is 9.67. The third-order valence-corrected chi connectivity index (χ3v) is 6.65. The molecule has 2 aliphatic heterocycles. The molecular weight excluding hydrogens is 436 g/mol. The van der Waals surface area contributed by atoms with Crippen molar-refractivity contribution < 1.29 is 19.2 Å². The van der Waals surface area contributed by atoms with Crippen LogP contribution < -0.4 is 5.32 Å². The zero-order chi connectivity index (χ0) is 24.4. The normalized spacial score (nSPS) is 20.9. The summed E-state index contributed by atoms with van der Waals surface area (Å²) in [5.74, 6) is -0.599. The Hall–Kier alpha value is -3.01. The summed E-state index contributed by atoms with van der Waals surface area (Å²) < 4.78 is 2.10. The maximum atomic E-state index is 12.6. The highest BCUT2D eigenvalue weighted by Crippen LogP contribution is 2.31. The Morgan fingerprint density at radius 3 is 2.47 bits per heavy atom. The monoisotopic (exact) mass is 470 g/mol. The van der Waals surface area contributed by atoms with Gasteiger partial charge in [-0.3, -0.25) is 29.0 Å². The van der Waals surface area contributed by atoms with E-state index in [0.29, 0.717) is 11.6 Å². The summed E-state index contributed by atoms with van der Waals surface area (Å²) in [5.41, 5.74) is 1.67. The number of aryl methyl sites for hydroxylation is 1. The number of piperazine rings is 2. The third-order valence-electron chi connectivity index (χ3n) is 6.65. The fraction of sp³-hybridized carbons (Fsp3) is 0.625. The summed E-state index contributed by atoms with van der Waals surface area (Å²) in [6, 6.07) is 0. The molecule has 4 amide bonds. The zero-order valence-electron chi connectivity index (χ0n) is 20.2. The van der Waals surface area contributed by atoms with Crippen LogP contribution in [0.4, 0.5) is 0 Å². The van der Waals surface area contributed by atoms with Crippen molar-refractivity contribution in [1.29, 1.82) is 0 Å². The van der Waals surface area contributed by atoms with E-state index in [-0.39, 0.29) is 24.1 Å². The molecule has 1 aromatic rings. The van der Waals surface area contributed by atoms with E-state index < -0.39 is 17.7 Å². The molecule has 0 radical (unpaired) electrons. The number of carbonyl (C=O) groups excluding carboxylic acids is 4. The van der Waals surface area contributed by atoms with Crippen molar-refractivity contribution in [2.75, 3.05) is 39.3 Å². The average Bonchev–Trinajstić information content (AvgIpc) is 3.57. The third kappa shape index (κ3) is 5.38. The Labute approximate surface area is 200 Å². The van der Waals surface area contributed by atoms with Crippen LogP contribution in [0.1, 0.15) is 57.3 Å². The van der Waals surface area contributed by atoms with Gasteiger partial charge < -0.3 is 14.8 Å². The van der Waals surface area contributed by atoms with Gasteiger partial charge in [0.05, 0.1) is 12.0 Å². The van der Waals surface area contributed by atoms with E-state index in [1.54, 1.807) is 12.4 Å². The Morgan fingerprint density at radius 2 is 1.85 bits per heavy atom. The minimum Gasteiger partial charge on any atom is -0.340 e.